The van der Waals surface area contributed by atoms with Crippen molar-refractivity contribution in [3.63, 3.8) is 0 Å². The third-order valence-electron chi connectivity index (χ3n) is 5.19. The fraction of sp³-hybridized carbons (Fsp3) is 0.130. The van der Waals surface area contributed by atoms with Crippen molar-refractivity contribution in [3.05, 3.63) is 116 Å². The summed E-state index contributed by atoms with van der Waals surface area (Å²) < 4.78 is 0. The lowest BCUT2D eigenvalue weighted by Gasteiger charge is -2.27. The van der Waals surface area contributed by atoms with Crippen LogP contribution >= 0.6 is 0 Å². The molecule has 1 unspecified atom stereocenters. The summed E-state index contributed by atoms with van der Waals surface area (Å²) in [5.74, 6) is -0.288. The van der Waals surface area contributed by atoms with Crippen LogP contribution in [0.2, 0.25) is 0 Å². The topological polar surface area (TPSA) is 122 Å². The number of nitro groups is 2. The van der Waals surface area contributed by atoms with Crippen molar-refractivity contribution in [2.45, 2.75) is 12.7 Å². The van der Waals surface area contributed by atoms with E-state index in [-0.39, 0.29) is 23.8 Å². The van der Waals surface area contributed by atoms with Gasteiger partial charge in [0, 0.05) is 36.4 Å². The van der Waals surface area contributed by atoms with Crippen molar-refractivity contribution in [2.75, 3.05) is 6.54 Å². The molecule has 0 bridgehead atoms. The molecule has 0 aliphatic carbocycles. The zero-order valence-electron chi connectivity index (χ0n) is 17.4. The Morgan fingerprint density at radius 2 is 1.58 bits per heavy atom. The van der Waals surface area contributed by atoms with Crippen molar-refractivity contribution < 1.29 is 14.6 Å². The van der Waals surface area contributed by atoms with E-state index in [0.717, 1.165) is 5.56 Å². The normalized spacial score (nSPS) is 16.4. The van der Waals surface area contributed by atoms with E-state index >= 15 is 0 Å². The zero-order chi connectivity index (χ0) is 23.4. The van der Waals surface area contributed by atoms with Crippen LogP contribution in [0.3, 0.4) is 0 Å². The number of hydrazone groups is 1. The van der Waals surface area contributed by atoms with Gasteiger partial charge in [0.15, 0.2) is 0 Å². The Kier molecular flexibility index (Phi) is 6.18. The van der Waals surface area contributed by atoms with Crippen molar-refractivity contribution in [3.8, 4) is 0 Å². The largest absolute Gasteiger partial charge is 0.271 e. The maximum atomic E-state index is 12.9. The minimum atomic E-state index is -0.674. The van der Waals surface area contributed by atoms with E-state index in [2.05, 4.69) is 5.10 Å². The van der Waals surface area contributed by atoms with Gasteiger partial charge in [0.25, 0.3) is 17.3 Å². The summed E-state index contributed by atoms with van der Waals surface area (Å²) in [6, 6.07) is 21.5. The van der Waals surface area contributed by atoms with E-state index in [1.807, 2.05) is 35.2 Å². The van der Waals surface area contributed by atoms with Crippen molar-refractivity contribution in [2.24, 2.45) is 5.10 Å². The summed E-state index contributed by atoms with van der Waals surface area (Å²) in [7, 11) is 0. The van der Waals surface area contributed by atoms with E-state index in [9.17, 15) is 25.0 Å². The van der Waals surface area contributed by atoms with Crippen LogP contribution in [0.4, 0.5) is 11.4 Å². The van der Waals surface area contributed by atoms with Crippen molar-refractivity contribution in [1.82, 2.24) is 9.91 Å². The Morgan fingerprint density at radius 1 is 0.909 bits per heavy atom. The Balaban J connectivity index is 1.70. The maximum absolute atomic E-state index is 12.9. The molecule has 0 aromatic heterocycles. The van der Waals surface area contributed by atoms with Crippen molar-refractivity contribution >= 4 is 23.5 Å². The van der Waals surface area contributed by atoms with Gasteiger partial charge in [-0.2, -0.15) is 5.10 Å². The van der Waals surface area contributed by atoms with Gasteiger partial charge in [-0.1, -0.05) is 54.6 Å². The highest BCUT2D eigenvalue weighted by molar-refractivity contribution is 5.85. The Hall–Kier alpha value is -4.44. The fourth-order valence-corrected chi connectivity index (χ4v) is 3.71. The Labute approximate surface area is 188 Å². The van der Waals surface area contributed by atoms with E-state index in [1.165, 1.54) is 41.6 Å². The van der Waals surface area contributed by atoms with Crippen LogP contribution in [0.25, 0.3) is 0 Å². The van der Waals surface area contributed by atoms with Gasteiger partial charge in [-0.25, -0.2) is 5.01 Å². The molecule has 0 spiro atoms. The highest BCUT2D eigenvalue weighted by atomic mass is 16.6. The summed E-state index contributed by atoms with van der Waals surface area (Å²) >= 11 is 0. The molecule has 1 fully saturated rings. The molecule has 1 aliphatic rings. The van der Waals surface area contributed by atoms with Gasteiger partial charge in [-0.15, -0.1) is 0 Å². The molecule has 10 nitrogen and oxygen atoms in total. The predicted molar refractivity (Wildman–Crippen MR) is 120 cm³/mol. The molecule has 4 rings (SSSR count). The van der Waals surface area contributed by atoms with Gasteiger partial charge in [0.1, 0.15) is 6.17 Å². The molecule has 0 N–H and O–H groups in total. The molecule has 1 amide bonds. The lowest BCUT2D eigenvalue weighted by atomic mass is 10.1. The molecule has 1 heterocycles. The number of nitro benzene ring substituents is 2. The first kappa shape index (κ1) is 21.8. The van der Waals surface area contributed by atoms with Gasteiger partial charge >= 0.3 is 0 Å². The number of rotatable bonds is 7. The lowest BCUT2D eigenvalue weighted by Crippen LogP contribution is -2.28. The van der Waals surface area contributed by atoms with Gasteiger partial charge in [-0.05, 0) is 11.1 Å². The highest BCUT2D eigenvalue weighted by Gasteiger charge is 2.39. The second-order valence-corrected chi connectivity index (χ2v) is 7.45. The molecule has 33 heavy (non-hydrogen) atoms. The fourth-order valence-electron chi connectivity index (χ4n) is 3.71. The number of non-ortho nitro benzene ring substituents is 2. The quantitative estimate of drug-likeness (QED) is 0.309. The summed E-state index contributed by atoms with van der Waals surface area (Å²) in [4.78, 5) is 36.1. The van der Waals surface area contributed by atoms with Gasteiger partial charge in [0.2, 0.25) is 0 Å². The number of carbonyl (C=O) groups is 1. The van der Waals surface area contributed by atoms with Gasteiger partial charge in [0.05, 0.1) is 22.6 Å². The van der Waals surface area contributed by atoms with E-state index in [4.69, 9.17) is 0 Å². The standard InChI is InChI=1S/C23H19N5O5/c29-22-16-25(15-17-6-2-1-3-7-17)23(19-9-5-11-21(13-19)28(32)33)26(22)24-14-18-8-4-10-20(12-18)27(30)31/h1-14,23H,15-16H2/b24-14+. The minimum Gasteiger partial charge on any atom is -0.271 e. The van der Waals surface area contributed by atoms with Gasteiger partial charge in [-0.3, -0.25) is 29.9 Å². The average Bonchev–Trinajstić information content (AvgIpc) is 3.13. The summed E-state index contributed by atoms with van der Waals surface area (Å²) in [5.41, 5.74) is 1.80. The number of nitrogens with zero attached hydrogens (tertiary/aromatic N) is 5. The zero-order valence-corrected chi connectivity index (χ0v) is 17.4. The second-order valence-electron chi connectivity index (χ2n) is 7.45. The average molecular weight is 445 g/mol. The number of hydrogen-bond donors (Lipinski definition) is 0. The molecule has 0 radical (unpaired) electrons. The van der Waals surface area contributed by atoms with E-state index < -0.39 is 16.0 Å². The predicted octanol–water partition coefficient (Wildman–Crippen LogP) is 3.88. The first-order chi connectivity index (χ1) is 15.9. The Morgan fingerprint density at radius 3 is 2.27 bits per heavy atom. The monoisotopic (exact) mass is 445 g/mol. The molecule has 166 valence electrons. The van der Waals surface area contributed by atoms with Crippen LogP contribution in [0, 0.1) is 20.2 Å². The van der Waals surface area contributed by atoms with Crippen LogP contribution in [0.5, 0.6) is 0 Å². The van der Waals surface area contributed by atoms with Crippen LogP contribution in [0.15, 0.2) is 84.0 Å². The summed E-state index contributed by atoms with van der Waals surface area (Å²) in [6.45, 7) is 0.497. The third-order valence-corrected chi connectivity index (χ3v) is 5.19. The molecular formula is C23H19N5O5. The smallest absolute Gasteiger partial charge is 0.270 e. The Bertz CT molecular complexity index is 1230. The number of hydrogen-bond acceptors (Lipinski definition) is 7. The maximum Gasteiger partial charge on any atom is 0.270 e. The third kappa shape index (κ3) is 4.91. The van der Waals surface area contributed by atoms with Crippen LogP contribution in [0.1, 0.15) is 22.9 Å². The van der Waals surface area contributed by atoms with E-state index in [0.29, 0.717) is 17.7 Å². The van der Waals surface area contributed by atoms with E-state index in [1.54, 1.807) is 18.2 Å². The SMILES string of the molecule is O=C1CN(Cc2ccccc2)C(c2cccc([N+](=O)[O-])c2)N1/N=C/c1cccc([N+](=O)[O-])c1. The number of carbonyl (C=O) groups excluding carboxylic acids is 1. The number of amides is 1. The lowest BCUT2D eigenvalue weighted by molar-refractivity contribution is -0.385. The first-order valence-corrected chi connectivity index (χ1v) is 10.1. The van der Waals surface area contributed by atoms with Crippen LogP contribution in [-0.2, 0) is 11.3 Å². The molecule has 10 heteroatoms. The molecule has 1 aliphatic heterocycles. The minimum absolute atomic E-state index is 0.0640. The first-order valence-electron chi connectivity index (χ1n) is 10.1. The molecular weight excluding hydrogens is 426 g/mol. The summed E-state index contributed by atoms with van der Waals surface area (Å²) in [5, 5.41) is 27.9. The molecule has 3 aromatic carbocycles. The molecule has 0 saturated carbocycles. The highest BCUT2D eigenvalue weighted by Crippen LogP contribution is 2.34. The van der Waals surface area contributed by atoms with Gasteiger partial charge < -0.3 is 0 Å². The summed E-state index contributed by atoms with van der Waals surface area (Å²) in [6.07, 6.45) is 0.703. The van der Waals surface area contributed by atoms with Crippen LogP contribution < -0.4 is 0 Å². The molecule has 1 atom stereocenters. The molecule has 3 aromatic rings. The molecule has 1 saturated heterocycles. The van der Waals surface area contributed by atoms with Crippen LogP contribution in [-0.4, -0.2) is 38.4 Å². The number of benzene rings is 3. The van der Waals surface area contributed by atoms with Crippen molar-refractivity contribution in [1.29, 1.82) is 0 Å². The second kappa shape index (κ2) is 9.37.